The molecule has 19 heavy (non-hydrogen) atoms. The molecule has 2 heterocycles. The number of aryl methyl sites for hydroxylation is 1. The molecule has 0 aliphatic carbocycles. The Morgan fingerprint density at radius 2 is 2.16 bits per heavy atom. The van der Waals surface area contributed by atoms with E-state index in [1.54, 1.807) is 6.07 Å². The van der Waals surface area contributed by atoms with Gasteiger partial charge in [0.15, 0.2) is 11.6 Å². The van der Waals surface area contributed by atoms with Gasteiger partial charge in [-0.1, -0.05) is 0 Å². The van der Waals surface area contributed by atoms with Crippen LogP contribution in [-0.2, 0) is 4.74 Å². The highest BCUT2D eigenvalue weighted by atomic mass is 79.9. The Hall–Kier alpha value is -1.07. The number of pyridine rings is 1. The van der Waals surface area contributed by atoms with Crippen molar-refractivity contribution >= 4 is 26.8 Å². The third-order valence-corrected chi connectivity index (χ3v) is 3.97. The Labute approximate surface area is 117 Å². The highest BCUT2D eigenvalue weighted by Gasteiger charge is 2.24. The monoisotopic (exact) mass is 327 g/mol. The van der Waals surface area contributed by atoms with Crippen LogP contribution in [0.15, 0.2) is 16.6 Å². The number of halogens is 3. The van der Waals surface area contributed by atoms with Crippen molar-refractivity contribution in [2.45, 2.75) is 25.9 Å². The SMILES string of the molecule is Cc1cc(C2CCCO2)c2c(F)c(F)cc(Br)c2n1. The first kappa shape index (κ1) is 12.9. The normalized spacial score (nSPS) is 19.3. The van der Waals surface area contributed by atoms with E-state index in [1.165, 1.54) is 0 Å². The van der Waals surface area contributed by atoms with Gasteiger partial charge in [0.1, 0.15) is 0 Å². The zero-order valence-corrected chi connectivity index (χ0v) is 11.9. The highest BCUT2D eigenvalue weighted by molar-refractivity contribution is 9.10. The maximum atomic E-state index is 14.1. The second-order valence-corrected chi connectivity index (χ2v) is 5.59. The molecule has 0 bridgehead atoms. The number of nitrogens with zero attached hydrogens (tertiary/aromatic N) is 1. The van der Waals surface area contributed by atoms with Gasteiger partial charge in [0.2, 0.25) is 0 Å². The van der Waals surface area contributed by atoms with Gasteiger partial charge in [-0.25, -0.2) is 8.78 Å². The van der Waals surface area contributed by atoms with Gasteiger partial charge in [0, 0.05) is 22.2 Å². The summed E-state index contributed by atoms with van der Waals surface area (Å²) in [5, 5.41) is 0.226. The van der Waals surface area contributed by atoms with E-state index in [9.17, 15) is 8.78 Å². The van der Waals surface area contributed by atoms with Gasteiger partial charge < -0.3 is 4.74 Å². The number of benzene rings is 1. The van der Waals surface area contributed by atoms with Crippen LogP contribution in [0.1, 0.15) is 30.2 Å². The molecule has 1 aromatic heterocycles. The van der Waals surface area contributed by atoms with E-state index in [4.69, 9.17) is 4.74 Å². The van der Waals surface area contributed by atoms with Crippen molar-refractivity contribution in [3.8, 4) is 0 Å². The molecule has 1 atom stereocenters. The fourth-order valence-electron chi connectivity index (χ4n) is 2.54. The van der Waals surface area contributed by atoms with Crippen LogP contribution in [0.25, 0.3) is 10.9 Å². The average molecular weight is 328 g/mol. The Morgan fingerprint density at radius 3 is 2.84 bits per heavy atom. The number of ether oxygens (including phenoxy) is 1. The minimum Gasteiger partial charge on any atom is -0.374 e. The summed E-state index contributed by atoms with van der Waals surface area (Å²) >= 11 is 3.25. The first-order chi connectivity index (χ1) is 9.08. The van der Waals surface area contributed by atoms with Crippen LogP contribution in [0.3, 0.4) is 0 Å². The van der Waals surface area contributed by atoms with Gasteiger partial charge in [-0.05, 0) is 53.4 Å². The van der Waals surface area contributed by atoms with Gasteiger partial charge in [0.25, 0.3) is 0 Å². The predicted molar refractivity (Wildman–Crippen MR) is 72.0 cm³/mol. The van der Waals surface area contributed by atoms with E-state index in [1.807, 2.05) is 6.92 Å². The molecular formula is C14H12BrF2NO. The third kappa shape index (κ3) is 2.15. The van der Waals surface area contributed by atoms with Gasteiger partial charge in [0.05, 0.1) is 11.6 Å². The zero-order chi connectivity index (χ0) is 13.6. The van der Waals surface area contributed by atoms with Crippen molar-refractivity contribution in [1.82, 2.24) is 4.98 Å². The van der Waals surface area contributed by atoms with Crippen LogP contribution in [0.5, 0.6) is 0 Å². The number of fused-ring (bicyclic) bond motifs is 1. The lowest BCUT2D eigenvalue weighted by molar-refractivity contribution is 0.113. The maximum absolute atomic E-state index is 14.1. The predicted octanol–water partition coefficient (Wildman–Crippen LogP) is 4.44. The molecule has 3 rings (SSSR count). The number of aromatic nitrogens is 1. The number of hydrogen-bond acceptors (Lipinski definition) is 2. The topological polar surface area (TPSA) is 22.1 Å². The lowest BCUT2D eigenvalue weighted by Crippen LogP contribution is -2.03. The quantitative estimate of drug-likeness (QED) is 0.722. The van der Waals surface area contributed by atoms with E-state index in [0.29, 0.717) is 22.2 Å². The van der Waals surface area contributed by atoms with E-state index in [-0.39, 0.29) is 11.5 Å². The molecule has 1 aliphatic heterocycles. The van der Waals surface area contributed by atoms with E-state index in [0.717, 1.165) is 24.6 Å². The van der Waals surface area contributed by atoms with Gasteiger partial charge in [-0.3, -0.25) is 4.98 Å². The third-order valence-electron chi connectivity index (χ3n) is 3.36. The Balaban J connectivity index is 2.36. The molecule has 5 heteroatoms. The standard InChI is InChI=1S/C14H12BrF2NO/c1-7-5-8(11-3-2-4-19-11)12-13(17)10(16)6-9(15)14(12)18-7/h5-6,11H,2-4H2,1H3. The summed E-state index contributed by atoms with van der Waals surface area (Å²) in [5.74, 6) is -1.72. The van der Waals surface area contributed by atoms with Crippen LogP contribution in [-0.4, -0.2) is 11.6 Å². The molecule has 2 nitrogen and oxygen atoms in total. The second-order valence-electron chi connectivity index (χ2n) is 4.73. The Kier molecular flexibility index (Phi) is 3.27. The van der Waals surface area contributed by atoms with E-state index in [2.05, 4.69) is 20.9 Å². The summed E-state index contributed by atoms with van der Waals surface area (Å²) in [6, 6.07) is 2.90. The van der Waals surface area contributed by atoms with Crippen LogP contribution in [0.2, 0.25) is 0 Å². The lowest BCUT2D eigenvalue weighted by atomic mass is 10.0. The summed E-state index contributed by atoms with van der Waals surface area (Å²) in [5.41, 5.74) is 1.91. The largest absolute Gasteiger partial charge is 0.374 e. The minimum absolute atomic E-state index is 0.174. The lowest BCUT2D eigenvalue weighted by Gasteiger charge is -2.15. The first-order valence-corrected chi connectivity index (χ1v) is 6.93. The molecule has 1 aromatic carbocycles. The minimum atomic E-state index is -0.871. The van der Waals surface area contributed by atoms with Crippen molar-refractivity contribution in [1.29, 1.82) is 0 Å². The smallest absolute Gasteiger partial charge is 0.168 e. The molecule has 0 amide bonds. The van der Waals surface area contributed by atoms with Crippen LogP contribution in [0, 0.1) is 18.6 Å². The van der Waals surface area contributed by atoms with Gasteiger partial charge >= 0.3 is 0 Å². The average Bonchev–Trinajstić information content (AvgIpc) is 2.89. The van der Waals surface area contributed by atoms with Crippen molar-refractivity contribution in [2.24, 2.45) is 0 Å². The summed E-state index contributed by atoms with van der Waals surface area (Å²) < 4.78 is 33.8. The second kappa shape index (κ2) is 4.80. The van der Waals surface area contributed by atoms with Crippen molar-refractivity contribution < 1.29 is 13.5 Å². The first-order valence-electron chi connectivity index (χ1n) is 6.14. The van der Waals surface area contributed by atoms with Gasteiger partial charge in [-0.2, -0.15) is 0 Å². The molecule has 2 aromatic rings. The van der Waals surface area contributed by atoms with E-state index < -0.39 is 11.6 Å². The van der Waals surface area contributed by atoms with Crippen molar-refractivity contribution in [3.63, 3.8) is 0 Å². The summed E-state index contributed by atoms with van der Waals surface area (Å²) in [4.78, 5) is 4.30. The molecule has 1 unspecified atom stereocenters. The highest BCUT2D eigenvalue weighted by Crippen LogP contribution is 2.37. The molecular weight excluding hydrogens is 316 g/mol. The van der Waals surface area contributed by atoms with Crippen molar-refractivity contribution in [3.05, 3.63) is 39.5 Å². The van der Waals surface area contributed by atoms with Crippen LogP contribution in [0.4, 0.5) is 8.78 Å². The summed E-state index contributed by atoms with van der Waals surface area (Å²) in [7, 11) is 0. The molecule has 1 fully saturated rings. The molecule has 1 aliphatic rings. The summed E-state index contributed by atoms with van der Waals surface area (Å²) in [6.07, 6.45) is 1.59. The molecule has 100 valence electrons. The molecule has 1 saturated heterocycles. The molecule has 0 saturated carbocycles. The zero-order valence-electron chi connectivity index (χ0n) is 10.3. The maximum Gasteiger partial charge on any atom is 0.168 e. The van der Waals surface area contributed by atoms with Crippen LogP contribution >= 0.6 is 15.9 Å². The van der Waals surface area contributed by atoms with Crippen LogP contribution < -0.4 is 0 Å². The summed E-state index contributed by atoms with van der Waals surface area (Å²) in [6.45, 7) is 2.50. The number of rotatable bonds is 1. The fourth-order valence-corrected chi connectivity index (χ4v) is 3.03. The Bertz CT molecular complexity index is 654. The van der Waals surface area contributed by atoms with Gasteiger partial charge in [-0.15, -0.1) is 0 Å². The fraction of sp³-hybridized carbons (Fsp3) is 0.357. The van der Waals surface area contributed by atoms with Crippen molar-refractivity contribution in [2.75, 3.05) is 6.61 Å². The number of hydrogen-bond donors (Lipinski definition) is 0. The Morgan fingerprint density at radius 1 is 1.37 bits per heavy atom. The molecule has 0 spiro atoms. The molecule has 0 radical (unpaired) electrons. The van der Waals surface area contributed by atoms with E-state index >= 15 is 0 Å². The molecule has 0 N–H and O–H groups in total.